The van der Waals surface area contributed by atoms with Crippen molar-refractivity contribution in [3.8, 4) is 0 Å². The molecule has 1 heterocycles. The molecule has 2 aliphatic rings. The molecular formula is C51H83O16P. The standard InChI is InChI=1S/C51H83O16P/c1-3-5-7-8-9-10-11-12-13-14-15-16-17-18-19-20-21-22-28-32-45(56)66-39-36-64-44(55)31-27-24-23-26-30-40-42(53)35-43(54)41(34-33-38(52)29-25-6-4-2)47(58)49(60)51(50(61)48(59)46(40)57)67-68(62,63)65-37-39/h9-10,12-13,15-16,18-19,21-23,26,33-34,38-43,46-54,57-61H,3-8,11,14,17,20,24-25,27-32,35-37H2,1-2H3,(H,62,63)/b10-9-,13-12-,16-15-,19-18-,22-21-,26-23?,34-33?/t38-,39+,40-,41-,42-,43+,46+,47+,48-,49+,50+,51+/m0/s1. The number of esters is 2. The molecule has 13 atom stereocenters. The molecule has 0 saturated heterocycles. The van der Waals surface area contributed by atoms with Crippen molar-refractivity contribution >= 4 is 19.8 Å². The van der Waals surface area contributed by atoms with Crippen LogP contribution in [-0.4, -0.2) is 132 Å². The molecule has 0 aromatic carbocycles. The monoisotopic (exact) mass is 983 g/mol. The van der Waals surface area contributed by atoms with Crippen molar-refractivity contribution in [3.63, 3.8) is 0 Å². The van der Waals surface area contributed by atoms with E-state index < -0.39 is 112 Å². The Kier molecular flexibility index (Phi) is 32.2. The summed E-state index contributed by atoms with van der Waals surface area (Å²) < 4.78 is 34.7. The summed E-state index contributed by atoms with van der Waals surface area (Å²) in [7, 11) is -5.47. The number of carbonyl (C=O) groups is 2. The molecule has 0 spiro atoms. The Morgan fingerprint density at radius 3 is 1.97 bits per heavy atom. The summed E-state index contributed by atoms with van der Waals surface area (Å²) in [5.74, 6) is -4.16. The minimum absolute atomic E-state index is 0.0619. The lowest BCUT2D eigenvalue weighted by Crippen LogP contribution is -2.55. The fourth-order valence-electron chi connectivity index (χ4n) is 7.68. The highest BCUT2D eigenvalue weighted by molar-refractivity contribution is 7.47. The van der Waals surface area contributed by atoms with Crippen molar-refractivity contribution in [1.82, 2.24) is 0 Å². The lowest BCUT2D eigenvalue weighted by molar-refractivity contribution is -0.167. The SMILES string of the molecule is CCCCC/C=C\C/C=C\C/C=C\C/C=C\C/C=C\CCC(=O)O[C@@H]1COC(=O)CCCC=CC[C@@H]2[C@@H](O)[C@H](O)[C@@H](O)[C@H](OP(=O)(O)OC1)[C@H](O)[C@H](O)[C@@H](C=C[C@@H](O)CCCCC)[C@H](O)C[C@@H]2O. The van der Waals surface area contributed by atoms with Gasteiger partial charge < -0.3 is 55.2 Å². The molecular weight excluding hydrogens is 900 g/mol. The van der Waals surface area contributed by atoms with Gasteiger partial charge in [0, 0.05) is 31.1 Å². The molecule has 1 unspecified atom stereocenters. The third-order valence-electron chi connectivity index (χ3n) is 11.8. The Morgan fingerprint density at radius 1 is 0.750 bits per heavy atom. The first-order valence-electron chi connectivity index (χ1n) is 24.6. The number of phosphoric ester groups is 1. The highest BCUT2D eigenvalue weighted by Gasteiger charge is 2.49. The molecule has 2 bridgehead atoms. The topological polar surface area (TPSA) is 270 Å². The summed E-state index contributed by atoms with van der Waals surface area (Å²) in [5, 5.41) is 90.2. The number of rotatable bonds is 22. The first-order chi connectivity index (χ1) is 32.6. The number of unbranched alkanes of at least 4 members (excludes halogenated alkanes) is 5. The van der Waals surface area contributed by atoms with Crippen LogP contribution in [0.3, 0.4) is 0 Å². The summed E-state index contributed by atoms with van der Waals surface area (Å²) in [6.07, 6.45) is 18.3. The molecule has 1 aliphatic heterocycles. The smallest absolute Gasteiger partial charge is 0.462 e. The third-order valence-corrected chi connectivity index (χ3v) is 12.8. The van der Waals surface area contributed by atoms with Gasteiger partial charge in [0.1, 0.15) is 31.0 Å². The summed E-state index contributed by atoms with van der Waals surface area (Å²) >= 11 is 0. The maximum Gasteiger partial charge on any atom is 0.472 e. The van der Waals surface area contributed by atoms with Crippen molar-refractivity contribution in [2.45, 2.75) is 197 Å². The van der Waals surface area contributed by atoms with Gasteiger partial charge in [-0.2, -0.15) is 0 Å². The molecule has 1 saturated carbocycles. The van der Waals surface area contributed by atoms with Crippen molar-refractivity contribution in [2.24, 2.45) is 11.8 Å². The first-order valence-corrected chi connectivity index (χ1v) is 26.1. The predicted molar refractivity (Wildman–Crippen MR) is 260 cm³/mol. The summed E-state index contributed by atoms with van der Waals surface area (Å²) in [6.45, 7) is 2.73. The van der Waals surface area contributed by atoms with Crippen molar-refractivity contribution in [3.05, 3.63) is 85.1 Å². The van der Waals surface area contributed by atoms with E-state index in [9.17, 15) is 59.9 Å². The second kappa shape index (κ2) is 35.9. The van der Waals surface area contributed by atoms with Crippen LogP contribution in [0.25, 0.3) is 0 Å². The van der Waals surface area contributed by atoms with Crippen molar-refractivity contribution in [2.75, 3.05) is 13.2 Å². The van der Waals surface area contributed by atoms with Gasteiger partial charge >= 0.3 is 19.8 Å². The largest absolute Gasteiger partial charge is 0.472 e. The van der Waals surface area contributed by atoms with Crippen LogP contribution in [0.2, 0.25) is 0 Å². The van der Waals surface area contributed by atoms with E-state index in [1.165, 1.54) is 31.4 Å². The Bertz CT molecular complexity index is 1640. The van der Waals surface area contributed by atoms with Gasteiger partial charge in [0.15, 0.2) is 6.10 Å². The second-order valence-corrected chi connectivity index (χ2v) is 19.0. The molecule has 68 heavy (non-hydrogen) atoms. The van der Waals surface area contributed by atoms with Crippen LogP contribution in [0.15, 0.2) is 85.1 Å². The number of carbonyl (C=O) groups excluding carboxylic acids is 2. The highest BCUT2D eigenvalue weighted by Crippen LogP contribution is 2.47. The van der Waals surface area contributed by atoms with Gasteiger partial charge in [-0.05, 0) is 70.6 Å². The number of ether oxygens (including phenoxy) is 2. The van der Waals surface area contributed by atoms with Crippen LogP contribution in [0, 0.1) is 11.8 Å². The van der Waals surface area contributed by atoms with Gasteiger partial charge in [-0.25, -0.2) is 4.57 Å². The summed E-state index contributed by atoms with van der Waals surface area (Å²) in [5.41, 5.74) is 0. The molecule has 2 rings (SSSR count). The number of cyclic esters (lactones) is 1. The number of hydrogen-bond acceptors (Lipinski definition) is 15. The van der Waals surface area contributed by atoms with Crippen LogP contribution < -0.4 is 0 Å². The van der Waals surface area contributed by atoms with Crippen LogP contribution in [0.5, 0.6) is 0 Å². The molecule has 16 nitrogen and oxygen atoms in total. The number of aliphatic hydroxyl groups excluding tert-OH is 8. The fourth-order valence-corrected chi connectivity index (χ4v) is 8.65. The van der Waals surface area contributed by atoms with Crippen molar-refractivity contribution in [1.29, 1.82) is 0 Å². The predicted octanol–water partition coefficient (Wildman–Crippen LogP) is 6.44. The Hall–Kier alpha value is -3.09. The second-order valence-electron chi connectivity index (χ2n) is 17.6. The number of aliphatic hydroxyl groups is 8. The fraction of sp³-hybridized carbons (Fsp3) is 0.686. The van der Waals surface area contributed by atoms with Gasteiger partial charge in [0.25, 0.3) is 0 Å². The number of fused-ring (bicyclic) bond motifs is 4. The molecule has 9 N–H and O–H groups in total. The van der Waals surface area contributed by atoms with E-state index in [-0.39, 0.29) is 19.3 Å². The van der Waals surface area contributed by atoms with E-state index in [0.717, 1.165) is 38.5 Å². The zero-order chi connectivity index (χ0) is 50.2. The zero-order valence-electron chi connectivity index (χ0n) is 40.2. The number of hydrogen-bond donors (Lipinski definition) is 9. The molecule has 0 radical (unpaired) electrons. The van der Waals surface area contributed by atoms with Gasteiger partial charge in [0.05, 0.1) is 37.1 Å². The minimum Gasteiger partial charge on any atom is -0.462 e. The van der Waals surface area contributed by atoms with E-state index in [1.807, 2.05) is 25.2 Å². The van der Waals surface area contributed by atoms with Gasteiger partial charge in [-0.3, -0.25) is 18.6 Å². The van der Waals surface area contributed by atoms with Crippen LogP contribution in [-0.2, 0) is 32.7 Å². The van der Waals surface area contributed by atoms with Crippen LogP contribution >= 0.6 is 7.82 Å². The molecule has 1 fully saturated rings. The maximum atomic E-state index is 13.5. The van der Waals surface area contributed by atoms with Crippen LogP contribution in [0.1, 0.15) is 136 Å². The molecule has 0 amide bonds. The highest BCUT2D eigenvalue weighted by atomic mass is 31.2. The molecule has 1 aliphatic carbocycles. The Morgan fingerprint density at radius 2 is 1.34 bits per heavy atom. The average Bonchev–Trinajstić information content (AvgIpc) is 3.31. The molecule has 0 aromatic heterocycles. The third kappa shape index (κ3) is 25.7. The van der Waals surface area contributed by atoms with Crippen molar-refractivity contribution < 1.29 is 78.4 Å². The number of phosphoric acid groups is 1. The quantitative estimate of drug-likeness (QED) is 0.0245. The van der Waals surface area contributed by atoms with Gasteiger partial charge in [0.2, 0.25) is 0 Å². The van der Waals surface area contributed by atoms with Crippen LogP contribution in [0.4, 0.5) is 0 Å². The minimum atomic E-state index is -5.47. The van der Waals surface area contributed by atoms with E-state index >= 15 is 0 Å². The first kappa shape index (κ1) is 61.0. The normalized spacial score (nSPS) is 31.8. The average molecular weight is 983 g/mol. The van der Waals surface area contributed by atoms with E-state index in [1.54, 1.807) is 18.2 Å². The zero-order valence-corrected chi connectivity index (χ0v) is 41.1. The Balaban J connectivity index is 2.17. The van der Waals surface area contributed by atoms with E-state index in [2.05, 4.69) is 43.4 Å². The summed E-state index contributed by atoms with van der Waals surface area (Å²) in [4.78, 5) is 36.5. The molecule has 388 valence electrons. The van der Waals surface area contributed by atoms with Gasteiger partial charge in [-0.15, -0.1) is 0 Å². The van der Waals surface area contributed by atoms with E-state index in [0.29, 0.717) is 38.5 Å². The lowest BCUT2D eigenvalue weighted by Gasteiger charge is -2.37. The molecule has 17 heteroatoms. The number of allylic oxidation sites excluding steroid dienone is 12. The van der Waals surface area contributed by atoms with E-state index in [4.69, 9.17) is 18.5 Å². The van der Waals surface area contributed by atoms with Gasteiger partial charge in [-0.1, -0.05) is 131 Å². The lowest BCUT2D eigenvalue weighted by atomic mass is 9.83. The summed E-state index contributed by atoms with van der Waals surface area (Å²) in [6, 6.07) is 0. The Labute approximate surface area is 404 Å². The maximum absolute atomic E-state index is 13.5. The molecule has 0 aromatic rings.